The summed E-state index contributed by atoms with van der Waals surface area (Å²) in [5.41, 5.74) is -0.801. The molecule has 2 aliphatic rings. The number of piperazine rings is 1. The van der Waals surface area contributed by atoms with Crippen LogP contribution in [0.25, 0.3) is 5.69 Å². The molecule has 0 bridgehead atoms. The van der Waals surface area contributed by atoms with Crippen molar-refractivity contribution in [3.05, 3.63) is 40.5 Å². The van der Waals surface area contributed by atoms with Crippen LogP contribution in [0, 0.1) is 0 Å². The molecule has 1 aromatic heterocycles. The highest BCUT2D eigenvalue weighted by atomic mass is 79.9. The van der Waals surface area contributed by atoms with Gasteiger partial charge >= 0.3 is 18.0 Å². The van der Waals surface area contributed by atoms with Gasteiger partial charge in [0.1, 0.15) is 6.04 Å². The van der Waals surface area contributed by atoms with Gasteiger partial charge in [0.25, 0.3) is 5.91 Å². The van der Waals surface area contributed by atoms with Gasteiger partial charge in [0.15, 0.2) is 5.69 Å². The number of carbonyl (C=O) groups excluding carboxylic acids is 3. The van der Waals surface area contributed by atoms with Crippen LogP contribution in [0.5, 0.6) is 5.88 Å². The number of ether oxygens (including phenoxy) is 2. The van der Waals surface area contributed by atoms with Gasteiger partial charge in [-0.15, -0.1) is 0 Å². The van der Waals surface area contributed by atoms with E-state index in [1.165, 1.54) is 20.5 Å². The average molecular weight is 650 g/mol. The first-order valence-corrected chi connectivity index (χ1v) is 14.3. The smallest absolute Gasteiger partial charge is 0.407 e. The predicted octanol–water partition coefficient (Wildman–Crippen LogP) is 2.28. The number of carbonyl (C=O) groups is 5. The van der Waals surface area contributed by atoms with Gasteiger partial charge in [-0.3, -0.25) is 14.4 Å². The highest BCUT2D eigenvalue weighted by Gasteiger charge is 2.49. The first-order chi connectivity index (χ1) is 20.0. The fraction of sp³-hybridized carbons (Fsp3) is 0.481. The molecule has 0 spiro atoms. The van der Waals surface area contributed by atoms with Crippen LogP contribution in [-0.4, -0.2) is 104 Å². The molecule has 1 saturated carbocycles. The summed E-state index contributed by atoms with van der Waals surface area (Å²) >= 11 is 3.42. The van der Waals surface area contributed by atoms with Gasteiger partial charge in [0, 0.05) is 43.1 Å². The molecule has 4 rings (SSSR count). The second kappa shape index (κ2) is 13.2. The minimum atomic E-state index is -1.22. The second-order valence-corrected chi connectivity index (χ2v) is 10.9. The lowest BCUT2D eigenvalue weighted by Gasteiger charge is -2.38. The summed E-state index contributed by atoms with van der Waals surface area (Å²) in [6.45, 7) is 2.29. The summed E-state index contributed by atoms with van der Waals surface area (Å²) < 4.78 is 13.5. The van der Waals surface area contributed by atoms with E-state index in [-0.39, 0.29) is 57.2 Å². The lowest BCUT2D eigenvalue weighted by Crippen LogP contribution is -2.55. The molecule has 15 heteroatoms. The van der Waals surface area contributed by atoms with Crippen LogP contribution in [0.3, 0.4) is 0 Å². The molecule has 1 aliphatic carbocycles. The van der Waals surface area contributed by atoms with E-state index in [2.05, 4.69) is 26.3 Å². The molecule has 2 fully saturated rings. The van der Waals surface area contributed by atoms with Crippen molar-refractivity contribution in [1.29, 1.82) is 0 Å². The van der Waals surface area contributed by atoms with Crippen molar-refractivity contribution in [3.63, 3.8) is 0 Å². The standard InChI is InChI=1S/C27H32BrN5O9/c1-2-41-25(38)27(9-4-10-27)42-21-16-20(30-33(21)18-6-3-5-17(28)15-18)23(36)29-19(7-8-22(34)35)24(37)31-11-13-32(14-12-31)26(39)40/h3,5-6,15-16,19H,2,4,7-14H2,1H3,(H,29,36)(H,34,35)(H,39,40)/t19-/m0/s1. The minimum Gasteiger partial charge on any atom is -0.481 e. The van der Waals surface area contributed by atoms with Crippen molar-refractivity contribution in [2.24, 2.45) is 0 Å². The first-order valence-electron chi connectivity index (χ1n) is 13.5. The fourth-order valence-electron chi connectivity index (χ4n) is 4.74. The number of nitrogens with one attached hydrogen (secondary N) is 1. The Morgan fingerprint density at radius 2 is 1.76 bits per heavy atom. The molecule has 1 saturated heterocycles. The van der Waals surface area contributed by atoms with E-state index in [4.69, 9.17) is 9.47 Å². The fourth-order valence-corrected chi connectivity index (χ4v) is 5.13. The van der Waals surface area contributed by atoms with E-state index < -0.39 is 41.5 Å². The van der Waals surface area contributed by atoms with Crippen molar-refractivity contribution in [2.45, 2.75) is 50.7 Å². The zero-order valence-electron chi connectivity index (χ0n) is 23.0. The van der Waals surface area contributed by atoms with Crippen LogP contribution in [0.4, 0.5) is 4.79 Å². The molecule has 226 valence electrons. The predicted molar refractivity (Wildman–Crippen MR) is 149 cm³/mol. The Bertz CT molecular complexity index is 1350. The molecule has 1 aliphatic heterocycles. The molecule has 1 atom stereocenters. The number of benzene rings is 1. The van der Waals surface area contributed by atoms with Gasteiger partial charge in [-0.2, -0.15) is 5.10 Å². The third-order valence-corrected chi connectivity index (χ3v) is 7.68. The normalized spacial score (nSPS) is 16.6. The number of halogens is 1. The molecule has 2 heterocycles. The monoisotopic (exact) mass is 649 g/mol. The summed E-state index contributed by atoms with van der Waals surface area (Å²) in [5.74, 6) is -2.80. The van der Waals surface area contributed by atoms with E-state index in [0.29, 0.717) is 18.5 Å². The molecule has 0 unspecified atom stereocenters. The van der Waals surface area contributed by atoms with Crippen molar-refractivity contribution in [2.75, 3.05) is 32.8 Å². The Hall–Kier alpha value is -4.14. The number of aliphatic carboxylic acids is 1. The molecule has 2 aromatic rings. The summed E-state index contributed by atoms with van der Waals surface area (Å²) in [4.78, 5) is 64.6. The van der Waals surface area contributed by atoms with Crippen molar-refractivity contribution in [1.82, 2.24) is 24.9 Å². The molecule has 0 radical (unpaired) electrons. The first kappa shape index (κ1) is 30.8. The van der Waals surface area contributed by atoms with Gasteiger partial charge < -0.3 is 34.8 Å². The molecule has 14 nitrogen and oxygen atoms in total. The second-order valence-electron chi connectivity index (χ2n) is 9.98. The quantitative estimate of drug-likeness (QED) is 0.306. The number of carboxylic acid groups (broad SMARTS) is 2. The van der Waals surface area contributed by atoms with Crippen molar-refractivity contribution < 1.29 is 43.7 Å². The minimum absolute atomic E-state index is 0.0978. The van der Waals surface area contributed by atoms with Crippen LogP contribution < -0.4 is 10.1 Å². The Morgan fingerprint density at radius 1 is 1.07 bits per heavy atom. The number of esters is 1. The van der Waals surface area contributed by atoms with Crippen LogP contribution in [0.15, 0.2) is 34.8 Å². The van der Waals surface area contributed by atoms with Gasteiger partial charge in [-0.1, -0.05) is 22.0 Å². The number of amides is 3. The highest BCUT2D eigenvalue weighted by Crippen LogP contribution is 2.39. The number of carboxylic acids is 1. The molecule has 3 amide bonds. The van der Waals surface area contributed by atoms with Crippen molar-refractivity contribution in [3.8, 4) is 11.6 Å². The van der Waals surface area contributed by atoms with Crippen LogP contribution in [-0.2, 0) is 19.1 Å². The van der Waals surface area contributed by atoms with Crippen molar-refractivity contribution >= 4 is 45.8 Å². The molecular formula is C27H32BrN5O9. The maximum atomic E-state index is 13.4. The highest BCUT2D eigenvalue weighted by molar-refractivity contribution is 9.10. The molecule has 42 heavy (non-hydrogen) atoms. The number of rotatable bonds is 11. The van der Waals surface area contributed by atoms with Gasteiger partial charge in [-0.05, 0) is 50.8 Å². The summed E-state index contributed by atoms with van der Waals surface area (Å²) in [5, 5.41) is 25.4. The van der Waals surface area contributed by atoms with E-state index in [1.807, 2.05) is 6.07 Å². The zero-order valence-corrected chi connectivity index (χ0v) is 24.5. The summed E-state index contributed by atoms with van der Waals surface area (Å²) in [7, 11) is 0. The Kier molecular flexibility index (Phi) is 9.70. The third-order valence-electron chi connectivity index (χ3n) is 7.18. The summed E-state index contributed by atoms with van der Waals surface area (Å²) in [6, 6.07) is 7.22. The van der Waals surface area contributed by atoms with Gasteiger partial charge in [0.05, 0.1) is 12.3 Å². The lowest BCUT2D eigenvalue weighted by atomic mass is 9.80. The number of hydrogen-bond donors (Lipinski definition) is 3. The number of nitrogens with zero attached hydrogens (tertiary/aromatic N) is 4. The molecule has 3 N–H and O–H groups in total. The number of aromatic nitrogens is 2. The van der Waals surface area contributed by atoms with E-state index in [0.717, 1.165) is 10.9 Å². The van der Waals surface area contributed by atoms with Crippen LogP contribution in [0.1, 0.15) is 49.5 Å². The zero-order chi connectivity index (χ0) is 30.4. The van der Waals surface area contributed by atoms with E-state index >= 15 is 0 Å². The van der Waals surface area contributed by atoms with Gasteiger partial charge in [-0.25, -0.2) is 14.3 Å². The maximum absolute atomic E-state index is 13.4. The average Bonchev–Trinajstić information content (AvgIpc) is 3.36. The summed E-state index contributed by atoms with van der Waals surface area (Å²) in [6.07, 6.45) is -0.0418. The SMILES string of the molecule is CCOC(=O)C1(Oc2cc(C(=O)N[C@@H](CCC(=O)O)C(=O)N3CCN(C(=O)O)CC3)nn2-c2cccc(Br)c2)CCC1. The van der Waals surface area contributed by atoms with E-state index in [1.54, 1.807) is 25.1 Å². The Morgan fingerprint density at radius 3 is 2.33 bits per heavy atom. The lowest BCUT2D eigenvalue weighted by molar-refractivity contribution is -0.170. The largest absolute Gasteiger partial charge is 0.481 e. The van der Waals surface area contributed by atoms with Crippen LogP contribution >= 0.6 is 15.9 Å². The third kappa shape index (κ3) is 7.01. The maximum Gasteiger partial charge on any atom is 0.407 e. The Balaban J connectivity index is 1.59. The molecular weight excluding hydrogens is 618 g/mol. The van der Waals surface area contributed by atoms with E-state index in [9.17, 15) is 34.2 Å². The van der Waals surface area contributed by atoms with Crippen LogP contribution in [0.2, 0.25) is 0 Å². The topological polar surface area (TPSA) is 181 Å². The Labute approximate surface area is 249 Å². The van der Waals surface area contributed by atoms with Gasteiger partial charge in [0.2, 0.25) is 17.4 Å². The molecule has 1 aromatic carbocycles. The number of hydrogen-bond acceptors (Lipinski definition) is 8.